The Morgan fingerprint density at radius 1 is 1.14 bits per heavy atom. The fourth-order valence-corrected chi connectivity index (χ4v) is 5.65. The Labute approximate surface area is 171 Å². The summed E-state index contributed by atoms with van der Waals surface area (Å²) >= 11 is 3.50. The number of carbonyl (C=O) groups excluding carboxylic acids is 1. The number of aromatic nitrogens is 1. The highest BCUT2D eigenvalue weighted by Gasteiger charge is 2.27. The van der Waals surface area contributed by atoms with Crippen molar-refractivity contribution in [2.45, 2.75) is 24.7 Å². The Bertz CT molecular complexity index is 1190. The summed E-state index contributed by atoms with van der Waals surface area (Å²) in [5.74, 6) is -0.520. The van der Waals surface area contributed by atoms with E-state index in [1.165, 1.54) is 4.31 Å². The number of aryl methyl sites for hydroxylation is 1. The predicted octanol–water partition coefficient (Wildman–Crippen LogP) is 3.79. The number of hydrogen-bond acceptors (Lipinski definition) is 3. The van der Waals surface area contributed by atoms with Crippen molar-refractivity contribution in [1.29, 1.82) is 0 Å². The Balaban J connectivity index is 1.87. The molecule has 0 spiro atoms. The van der Waals surface area contributed by atoms with Gasteiger partial charge in [-0.1, -0.05) is 22.0 Å². The number of aromatic amines is 1. The first-order valence-electron chi connectivity index (χ1n) is 9.01. The highest BCUT2D eigenvalue weighted by molar-refractivity contribution is 9.10. The van der Waals surface area contributed by atoms with Crippen LogP contribution >= 0.6 is 15.9 Å². The minimum atomic E-state index is -3.51. The van der Waals surface area contributed by atoms with Crippen molar-refractivity contribution < 1.29 is 13.2 Å². The normalized spacial score (nSPS) is 15.4. The second kappa shape index (κ2) is 7.02. The third-order valence-electron chi connectivity index (χ3n) is 5.21. The van der Waals surface area contributed by atoms with Gasteiger partial charge in [-0.15, -0.1) is 0 Å². The maximum Gasteiger partial charge on any atom is 0.250 e. The maximum atomic E-state index is 12.9. The number of halogens is 1. The molecule has 3 aromatic rings. The number of nitrogens with two attached hydrogens (primary N) is 1. The molecule has 0 bridgehead atoms. The summed E-state index contributed by atoms with van der Waals surface area (Å²) in [7, 11) is -3.51. The lowest BCUT2D eigenvalue weighted by Crippen LogP contribution is -2.27. The van der Waals surface area contributed by atoms with E-state index in [0.29, 0.717) is 24.2 Å². The minimum Gasteiger partial charge on any atom is -0.366 e. The van der Waals surface area contributed by atoms with E-state index >= 15 is 0 Å². The predicted molar refractivity (Wildman–Crippen MR) is 113 cm³/mol. The van der Waals surface area contributed by atoms with Crippen molar-refractivity contribution in [2.75, 3.05) is 13.1 Å². The van der Waals surface area contributed by atoms with Gasteiger partial charge in [0.25, 0.3) is 5.91 Å². The lowest BCUT2D eigenvalue weighted by Gasteiger charge is -2.16. The highest BCUT2D eigenvalue weighted by atomic mass is 79.9. The third kappa shape index (κ3) is 3.15. The van der Waals surface area contributed by atoms with Gasteiger partial charge in [0.2, 0.25) is 10.0 Å². The van der Waals surface area contributed by atoms with Gasteiger partial charge in [-0.2, -0.15) is 4.31 Å². The zero-order valence-electron chi connectivity index (χ0n) is 15.3. The molecule has 0 saturated carbocycles. The van der Waals surface area contributed by atoms with Gasteiger partial charge < -0.3 is 10.7 Å². The van der Waals surface area contributed by atoms with Gasteiger partial charge in [-0.05, 0) is 55.7 Å². The zero-order valence-corrected chi connectivity index (χ0v) is 17.7. The highest BCUT2D eigenvalue weighted by Crippen LogP contribution is 2.34. The molecule has 146 valence electrons. The summed E-state index contributed by atoms with van der Waals surface area (Å²) in [6.07, 6.45) is 1.79. The molecule has 1 aliphatic rings. The fourth-order valence-electron chi connectivity index (χ4n) is 3.66. The molecule has 4 rings (SSSR count). The second-order valence-corrected chi connectivity index (χ2v) is 9.81. The number of H-pyrrole nitrogens is 1. The topological polar surface area (TPSA) is 96.3 Å². The number of rotatable bonds is 4. The van der Waals surface area contributed by atoms with Crippen LogP contribution in [0.4, 0.5) is 0 Å². The van der Waals surface area contributed by atoms with Crippen molar-refractivity contribution in [1.82, 2.24) is 9.29 Å². The lowest BCUT2D eigenvalue weighted by molar-refractivity contribution is 0.100. The number of benzene rings is 2. The Kier molecular flexibility index (Phi) is 4.81. The van der Waals surface area contributed by atoms with E-state index < -0.39 is 15.9 Å². The first-order valence-corrected chi connectivity index (χ1v) is 11.2. The standard InChI is InChI=1S/C20H20BrN3O3S/c1-12-4-5-13(28(26,27)24-8-2-3-9-24)10-15(12)18-11-16-17(21)7-6-14(20(22)25)19(16)23-18/h4-7,10-11,23H,2-3,8-9H2,1H3,(H2,22,25). The van der Waals surface area contributed by atoms with Crippen LogP contribution in [0.2, 0.25) is 0 Å². The van der Waals surface area contributed by atoms with Crippen molar-refractivity contribution in [2.24, 2.45) is 5.73 Å². The van der Waals surface area contributed by atoms with E-state index in [4.69, 9.17) is 5.73 Å². The van der Waals surface area contributed by atoms with Gasteiger partial charge in [-0.25, -0.2) is 8.42 Å². The van der Waals surface area contributed by atoms with Crippen molar-refractivity contribution >= 4 is 42.8 Å². The molecule has 2 aromatic carbocycles. The van der Waals surface area contributed by atoms with Crippen LogP contribution in [-0.4, -0.2) is 36.7 Å². The quantitative estimate of drug-likeness (QED) is 0.618. The van der Waals surface area contributed by atoms with E-state index in [1.807, 2.05) is 19.1 Å². The molecule has 6 nitrogen and oxygen atoms in total. The first kappa shape index (κ1) is 19.2. The summed E-state index contributed by atoms with van der Waals surface area (Å²) in [5.41, 5.74) is 8.97. The third-order valence-corrected chi connectivity index (χ3v) is 7.79. The number of fused-ring (bicyclic) bond motifs is 1. The fraction of sp³-hybridized carbons (Fsp3) is 0.250. The molecule has 0 unspecified atom stereocenters. The summed E-state index contributed by atoms with van der Waals surface area (Å²) in [5, 5.41) is 0.818. The van der Waals surface area contributed by atoms with Crippen molar-refractivity contribution in [3.63, 3.8) is 0 Å². The van der Waals surface area contributed by atoms with Crippen molar-refractivity contribution in [3.8, 4) is 11.3 Å². The van der Waals surface area contributed by atoms with E-state index in [-0.39, 0.29) is 4.90 Å². The number of sulfonamides is 1. The monoisotopic (exact) mass is 461 g/mol. The zero-order chi connectivity index (χ0) is 20.1. The minimum absolute atomic E-state index is 0.280. The smallest absolute Gasteiger partial charge is 0.250 e. The van der Waals surface area contributed by atoms with Gasteiger partial charge in [0, 0.05) is 34.2 Å². The maximum absolute atomic E-state index is 12.9. The van der Waals surface area contributed by atoms with E-state index in [0.717, 1.165) is 39.5 Å². The molecule has 3 N–H and O–H groups in total. The lowest BCUT2D eigenvalue weighted by atomic mass is 10.1. The van der Waals surface area contributed by atoms with Crippen LogP contribution in [0.1, 0.15) is 28.8 Å². The second-order valence-electron chi connectivity index (χ2n) is 7.02. The molecule has 0 radical (unpaired) electrons. The SMILES string of the molecule is Cc1ccc(S(=O)(=O)N2CCCC2)cc1-c1cc2c(Br)ccc(C(N)=O)c2[nH]1. The molecule has 1 aliphatic heterocycles. The van der Waals surface area contributed by atoms with Gasteiger partial charge in [0.1, 0.15) is 0 Å². The van der Waals surface area contributed by atoms with Gasteiger partial charge in [0.15, 0.2) is 0 Å². The van der Waals surface area contributed by atoms with E-state index in [2.05, 4.69) is 20.9 Å². The average molecular weight is 462 g/mol. The molecule has 0 aliphatic carbocycles. The molecular weight excluding hydrogens is 442 g/mol. The van der Waals surface area contributed by atoms with Gasteiger partial charge in [-0.3, -0.25) is 4.79 Å². The van der Waals surface area contributed by atoms with E-state index in [1.54, 1.807) is 24.3 Å². The van der Waals surface area contributed by atoms with Crippen LogP contribution in [0.3, 0.4) is 0 Å². The Hall–Kier alpha value is -2.16. The molecule has 0 atom stereocenters. The average Bonchev–Trinajstić information content (AvgIpc) is 3.32. The summed E-state index contributed by atoms with van der Waals surface area (Å²) in [6.45, 7) is 3.05. The first-order chi connectivity index (χ1) is 13.3. The summed E-state index contributed by atoms with van der Waals surface area (Å²) < 4.78 is 28.3. The largest absolute Gasteiger partial charge is 0.366 e. The number of nitrogens with zero attached hydrogens (tertiary/aromatic N) is 1. The number of carbonyl (C=O) groups is 1. The molecule has 1 saturated heterocycles. The molecule has 2 heterocycles. The van der Waals surface area contributed by atoms with Crippen LogP contribution < -0.4 is 5.73 Å². The molecule has 1 fully saturated rings. The molecule has 28 heavy (non-hydrogen) atoms. The Morgan fingerprint density at radius 2 is 1.86 bits per heavy atom. The van der Waals surface area contributed by atoms with Crippen LogP contribution in [0.15, 0.2) is 45.8 Å². The van der Waals surface area contributed by atoms with E-state index in [9.17, 15) is 13.2 Å². The van der Waals surface area contributed by atoms with Crippen molar-refractivity contribution in [3.05, 3.63) is 52.0 Å². The number of amides is 1. The van der Waals surface area contributed by atoms with Crippen LogP contribution in [0.25, 0.3) is 22.2 Å². The van der Waals surface area contributed by atoms with Crippen LogP contribution in [0, 0.1) is 6.92 Å². The summed E-state index contributed by atoms with van der Waals surface area (Å²) in [4.78, 5) is 15.3. The van der Waals surface area contributed by atoms with Crippen LogP contribution in [0.5, 0.6) is 0 Å². The van der Waals surface area contributed by atoms with Gasteiger partial charge >= 0.3 is 0 Å². The Morgan fingerprint density at radius 3 is 2.54 bits per heavy atom. The number of primary amides is 1. The number of nitrogens with one attached hydrogen (secondary N) is 1. The molecule has 1 amide bonds. The summed E-state index contributed by atoms with van der Waals surface area (Å²) in [6, 6.07) is 10.5. The number of hydrogen-bond donors (Lipinski definition) is 2. The van der Waals surface area contributed by atoms with Gasteiger partial charge in [0.05, 0.1) is 16.0 Å². The molecular formula is C20H20BrN3O3S. The van der Waals surface area contributed by atoms with Crippen LogP contribution in [-0.2, 0) is 10.0 Å². The molecule has 1 aromatic heterocycles. The molecule has 8 heteroatoms.